The van der Waals surface area contributed by atoms with Crippen LogP contribution in [0.5, 0.6) is 0 Å². The van der Waals surface area contributed by atoms with Gasteiger partial charge in [0.1, 0.15) is 11.6 Å². The SMILES string of the molecule is Cc1c(C(=O)N2CC(C(=O)O)c3ccccc32)[nH]c2c1C(=O)CCC2. The van der Waals surface area contributed by atoms with Crippen LogP contribution in [0.25, 0.3) is 0 Å². The third kappa shape index (κ3) is 2.28. The van der Waals surface area contributed by atoms with E-state index in [0.29, 0.717) is 34.5 Å². The Labute approximate surface area is 144 Å². The van der Waals surface area contributed by atoms with Gasteiger partial charge in [0, 0.05) is 29.9 Å². The minimum atomic E-state index is -0.944. The monoisotopic (exact) mass is 338 g/mol. The molecule has 0 fully saturated rings. The van der Waals surface area contributed by atoms with E-state index >= 15 is 0 Å². The highest BCUT2D eigenvalue weighted by Crippen LogP contribution is 2.38. The van der Waals surface area contributed by atoms with Gasteiger partial charge in [-0.1, -0.05) is 18.2 Å². The van der Waals surface area contributed by atoms with Gasteiger partial charge in [0.2, 0.25) is 0 Å². The number of para-hydroxylation sites is 1. The van der Waals surface area contributed by atoms with Crippen LogP contribution in [0.2, 0.25) is 0 Å². The number of nitrogens with one attached hydrogen (secondary N) is 1. The summed E-state index contributed by atoms with van der Waals surface area (Å²) in [7, 11) is 0. The van der Waals surface area contributed by atoms with E-state index in [-0.39, 0.29) is 18.2 Å². The Bertz CT molecular complexity index is 912. The zero-order valence-electron chi connectivity index (χ0n) is 13.8. The Kier molecular flexibility index (Phi) is 3.49. The Morgan fingerprint density at radius 2 is 2.00 bits per heavy atom. The molecular formula is C19H18N2O4. The third-order valence-electron chi connectivity index (χ3n) is 5.16. The van der Waals surface area contributed by atoms with E-state index in [1.165, 1.54) is 4.90 Å². The van der Waals surface area contributed by atoms with Crippen molar-refractivity contribution in [1.29, 1.82) is 0 Å². The molecule has 2 heterocycles. The van der Waals surface area contributed by atoms with Crippen molar-refractivity contribution in [2.24, 2.45) is 0 Å². The van der Waals surface area contributed by atoms with E-state index in [2.05, 4.69) is 4.98 Å². The van der Waals surface area contributed by atoms with E-state index < -0.39 is 11.9 Å². The summed E-state index contributed by atoms with van der Waals surface area (Å²) in [6.45, 7) is 1.88. The number of carbonyl (C=O) groups is 3. The molecule has 1 aromatic heterocycles. The number of carbonyl (C=O) groups excluding carboxylic acids is 2. The molecule has 0 saturated carbocycles. The van der Waals surface area contributed by atoms with Crippen molar-refractivity contribution in [2.75, 3.05) is 11.4 Å². The Morgan fingerprint density at radius 3 is 2.72 bits per heavy atom. The van der Waals surface area contributed by atoms with E-state index in [9.17, 15) is 19.5 Å². The molecule has 1 aromatic carbocycles. The number of benzene rings is 1. The molecule has 2 aromatic rings. The number of fused-ring (bicyclic) bond motifs is 2. The lowest BCUT2D eigenvalue weighted by molar-refractivity contribution is -0.138. The molecule has 2 aliphatic rings. The number of aliphatic carboxylic acids is 1. The van der Waals surface area contributed by atoms with Crippen molar-refractivity contribution in [3.63, 3.8) is 0 Å². The minimum absolute atomic E-state index is 0.0688. The predicted molar refractivity (Wildman–Crippen MR) is 91.3 cm³/mol. The van der Waals surface area contributed by atoms with Crippen molar-refractivity contribution in [3.05, 3.63) is 52.3 Å². The van der Waals surface area contributed by atoms with Crippen LogP contribution in [0.3, 0.4) is 0 Å². The van der Waals surface area contributed by atoms with E-state index in [1.54, 1.807) is 31.2 Å². The second-order valence-electron chi connectivity index (χ2n) is 6.62. The second kappa shape index (κ2) is 5.58. The maximum absolute atomic E-state index is 13.1. The molecule has 0 saturated heterocycles. The van der Waals surface area contributed by atoms with Crippen LogP contribution in [-0.4, -0.2) is 34.3 Å². The predicted octanol–water partition coefficient (Wildman–Crippen LogP) is 2.67. The molecular weight excluding hydrogens is 320 g/mol. The maximum Gasteiger partial charge on any atom is 0.312 e. The van der Waals surface area contributed by atoms with Gasteiger partial charge in [0.05, 0.1) is 0 Å². The van der Waals surface area contributed by atoms with Crippen LogP contribution in [0.4, 0.5) is 5.69 Å². The van der Waals surface area contributed by atoms with Gasteiger partial charge in [-0.3, -0.25) is 14.4 Å². The number of rotatable bonds is 2. The van der Waals surface area contributed by atoms with Crippen LogP contribution in [-0.2, 0) is 11.2 Å². The molecule has 25 heavy (non-hydrogen) atoms. The molecule has 4 rings (SSSR count). The maximum atomic E-state index is 13.1. The van der Waals surface area contributed by atoms with Crippen molar-refractivity contribution < 1.29 is 19.5 Å². The first-order valence-electron chi connectivity index (χ1n) is 8.37. The van der Waals surface area contributed by atoms with Gasteiger partial charge in [-0.05, 0) is 37.0 Å². The number of aromatic amines is 1. The summed E-state index contributed by atoms with van der Waals surface area (Å²) in [4.78, 5) is 41.5. The summed E-state index contributed by atoms with van der Waals surface area (Å²) >= 11 is 0. The van der Waals surface area contributed by atoms with Gasteiger partial charge >= 0.3 is 5.97 Å². The lowest BCUT2D eigenvalue weighted by atomic mass is 9.94. The fourth-order valence-corrected chi connectivity index (χ4v) is 3.93. The summed E-state index contributed by atoms with van der Waals surface area (Å²) in [5.74, 6) is -1.89. The quantitative estimate of drug-likeness (QED) is 0.881. The highest BCUT2D eigenvalue weighted by Gasteiger charge is 2.38. The summed E-state index contributed by atoms with van der Waals surface area (Å²) in [5, 5.41) is 9.46. The molecule has 1 amide bonds. The number of Topliss-reactive ketones (excluding diaryl/α,β-unsaturated/α-hetero) is 1. The molecule has 6 heteroatoms. The van der Waals surface area contributed by atoms with Gasteiger partial charge in [-0.25, -0.2) is 0 Å². The van der Waals surface area contributed by atoms with Crippen molar-refractivity contribution in [3.8, 4) is 0 Å². The summed E-state index contributed by atoms with van der Waals surface area (Å²) in [6, 6.07) is 7.08. The second-order valence-corrected chi connectivity index (χ2v) is 6.62. The number of hydrogen-bond donors (Lipinski definition) is 2. The average Bonchev–Trinajstić information content (AvgIpc) is 3.14. The van der Waals surface area contributed by atoms with Crippen LogP contribution < -0.4 is 4.90 Å². The summed E-state index contributed by atoms with van der Waals surface area (Å²) in [6.07, 6.45) is 2.05. The molecule has 1 aliphatic heterocycles. The molecule has 0 bridgehead atoms. The topological polar surface area (TPSA) is 90.5 Å². The number of amides is 1. The number of ketones is 1. The van der Waals surface area contributed by atoms with Gasteiger partial charge < -0.3 is 15.0 Å². The molecule has 2 N–H and O–H groups in total. The van der Waals surface area contributed by atoms with Gasteiger partial charge in [-0.2, -0.15) is 0 Å². The van der Waals surface area contributed by atoms with Gasteiger partial charge in [-0.15, -0.1) is 0 Å². The number of hydrogen-bond acceptors (Lipinski definition) is 3. The van der Waals surface area contributed by atoms with Crippen molar-refractivity contribution in [1.82, 2.24) is 4.98 Å². The Hall–Kier alpha value is -2.89. The standard InChI is InChI=1S/C19H18N2O4/c1-10-16-13(6-4-8-15(16)22)20-17(10)18(23)21-9-12(19(24)25)11-5-2-3-7-14(11)21/h2-3,5,7,12,20H,4,6,8-9H2,1H3,(H,24,25). The Morgan fingerprint density at radius 1 is 1.24 bits per heavy atom. The molecule has 6 nitrogen and oxygen atoms in total. The molecule has 0 radical (unpaired) electrons. The largest absolute Gasteiger partial charge is 0.481 e. The zero-order valence-corrected chi connectivity index (χ0v) is 13.8. The number of aryl methyl sites for hydroxylation is 1. The van der Waals surface area contributed by atoms with Gasteiger partial charge in [0.15, 0.2) is 5.78 Å². The lowest BCUT2D eigenvalue weighted by Crippen LogP contribution is -2.32. The number of aromatic nitrogens is 1. The first-order valence-corrected chi connectivity index (χ1v) is 8.37. The lowest BCUT2D eigenvalue weighted by Gasteiger charge is -2.17. The van der Waals surface area contributed by atoms with Crippen LogP contribution >= 0.6 is 0 Å². The number of nitrogens with zero attached hydrogens (tertiary/aromatic N) is 1. The fourth-order valence-electron chi connectivity index (χ4n) is 3.93. The summed E-state index contributed by atoms with van der Waals surface area (Å²) < 4.78 is 0. The smallest absolute Gasteiger partial charge is 0.312 e. The van der Waals surface area contributed by atoms with E-state index in [0.717, 1.165) is 18.5 Å². The average molecular weight is 338 g/mol. The molecule has 0 spiro atoms. The molecule has 1 aliphatic carbocycles. The molecule has 1 atom stereocenters. The first kappa shape index (κ1) is 15.6. The number of H-pyrrole nitrogens is 1. The van der Waals surface area contributed by atoms with Crippen LogP contribution in [0.1, 0.15) is 56.4 Å². The number of carboxylic acids is 1. The highest BCUT2D eigenvalue weighted by molar-refractivity contribution is 6.11. The highest BCUT2D eigenvalue weighted by atomic mass is 16.4. The van der Waals surface area contributed by atoms with Gasteiger partial charge in [0.25, 0.3) is 5.91 Å². The third-order valence-corrected chi connectivity index (χ3v) is 5.16. The number of carboxylic acid groups (broad SMARTS) is 1. The van der Waals surface area contributed by atoms with Crippen molar-refractivity contribution in [2.45, 2.75) is 32.1 Å². The molecule has 1 unspecified atom stereocenters. The first-order chi connectivity index (χ1) is 12.0. The van der Waals surface area contributed by atoms with E-state index in [1.807, 2.05) is 0 Å². The summed E-state index contributed by atoms with van der Waals surface area (Å²) in [5.41, 5.74) is 3.78. The number of anilines is 1. The van der Waals surface area contributed by atoms with E-state index in [4.69, 9.17) is 0 Å². The minimum Gasteiger partial charge on any atom is -0.481 e. The van der Waals surface area contributed by atoms with Crippen molar-refractivity contribution >= 4 is 23.3 Å². The Balaban J connectivity index is 1.76. The molecule has 128 valence electrons. The van der Waals surface area contributed by atoms with Crippen LogP contribution in [0.15, 0.2) is 24.3 Å². The fraction of sp³-hybridized carbons (Fsp3) is 0.316. The zero-order chi connectivity index (χ0) is 17.7. The van der Waals surface area contributed by atoms with Crippen LogP contribution in [0, 0.1) is 6.92 Å². The normalized spacial score (nSPS) is 18.8.